The van der Waals surface area contributed by atoms with Crippen LogP contribution in [0.15, 0.2) is 30.3 Å². The number of aromatic nitrogens is 2. The van der Waals surface area contributed by atoms with E-state index in [-0.39, 0.29) is 11.6 Å². The van der Waals surface area contributed by atoms with Crippen molar-refractivity contribution in [2.24, 2.45) is 5.92 Å². The minimum atomic E-state index is -0.319. The molecule has 0 fully saturated rings. The normalized spacial score (nSPS) is 10.5. The molecule has 6 nitrogen and oxygen atoms in total. The van der Waals surface area contributed by atoms with E-state index >= 15 is 0 Å². The number of anilines is 2. The Labute approximate surface area is 142 Å². The van der Waals surface area contributed by atoms with E-state index in [1.54, 1.807) is 19.2 Å². The minimum Gasteiger partial charge on any atom is -0.495 e. The van der Waals surface area contributed by atoms with Crippen molar-refractivity contribution in [3.05, 3.63) is 41.6 Å². The van der Waals surface area contributed by atoms with Crippen molar-refractivity contribution in [1.29, 1.82) is 0 Å². The quantitative estimate of drug-likeness (QED) is 0.813. The molecule has 2 rings (SSSR count). The SMILES string of the molecule is COc1ccc(C)cc1NC(=O)c1ccc(NCCC(C)C)nn1. The van der Waals surface area contributed by atoms with E-state index in [4.69, 9.17) is 4.74 Å². The van der Waals surface area contributed by atoms with E-state index in [0.29, 0.717) is 23.2 Å². The van der Waals surface area contributed by atoms with Crippen LogP contribution >= 0.6 is 0 Å². The number of carbonyl (C=O) groups excluding carboxylic acids is 1. The van der Waals surface area contributed by atoms with Crippen molar-refractivity contribution >= 4 is 17.4 Å². The molecule has 0 aliphatic rings. The number of hydrogen-bond donors (Lipinski definition) is 2. The van der Waals surface area contributed by atoms with Crippen molar-refractivity contribution in [2.75, 3.05) is 24.3 Å². The van der Waals surface area contributed by atoms with Crippen LogP contribution in [0.2, 0.25) is 0 Å². The fourth-order valence-corrected chi connectivity index (χ4v) is 2.14. The van der Waals surface area contributed by atoms with Gasteiger partial charge in [-0.25, -0.2) is 0 Å². The standard InChI is InChI=1S/C18H24N4O2/c1-12(2)9-10-19-17-8-6-14(21-22-17)18(23)20-15-11-13(3)5-7-16(15)24-4/h5-8,11-12H,9-10H2,1-4H3,(H,19,22)(H,20,23). The Morgan fingerprint density at radius 3 is 2.62 bits per heavy atom. The summed E-state index contributed by atoms with van der Waals surface area (Å²) >= 11 is 0. The fraction of sp³-hybridized carbons (Fsp3) is 0.389. The van der Waals surface area contributed by atoms with Crippen molar-refractivity contribution < 1.29 is 9.53 Å². The topological polar surface area (TPSA) is 76.1 Å². The molecule has 24 heavy (non-hydrogen) atoms. The van der Waals surface area contributed by atoms with Crippen molar-refractivity contribution in [1.82, 2.24) is 10.2 Å². The van der Waals surface area contributed by atoms with Crippen molar-refractivity contribution in [3.63, 3.8) is 0 Å². The summed E-state index contributed by atoms with van der Waals surface area (Å²) < 4.78 is 5.26. The van der Waals surface area contributed by atoms with Gasteiger partial charge in [-0.05, 0) is 49.1 Å². The number of hydrogen-bond acceptors (Lipinski definition) is 5. The molecular formula is C18H24N4O2. The Morgan fingerprint density at radius 1 is 1.21 bits per heavy atom. The Bertz CT molecular complexity index is 684. The summed E-state index contributed by atoms with van der Waals surface area (Å²) in [4.78, 5) is 12.3. The van der Waals surface area contributed by atoms with Crippen molar-refractivity contribution in [3.8, 4) is 5.75 Å². The van der Waals surface area contributed by atoms with Crippen LogP contribution in [-0.4, -0.2) is 29.8 Å². The molecule has 0 saturated carbocycles. The number of ether oxygens (including phenoxy) is 1. The smallest absolute Gasteiger partial charge is 0.276 e. The third-order valence-corrected chi connectivity index (χ3v) is 3.53. The van der Waals surface area contributed by atoms with Crippen LogP contribution in [-0.2, 0) is 0 Å². The molecule has 1 amide bonds. The highest BCUT2D eigenvalue weighted by atomic mass is 16.5. The lowest BCUT2D eigenvalue weighted by Gasteiger charge is -2.11. The molecule has 2 aromatic rings. The fourth-order valence-electron chi connectivity index (χ4n) is 2.14. The molecule has 1 aromatic carbocycles. The molecule has 0 atom stereocenters. The van der Waals surface area contributed by atoms with Gasteiger partial charge in [0.2, 0.25) is 0 Å². The number of benzene rings is 1. The van der Waals surface area contributed by atoms with Gasteiger partial charge in [-0.2, -0.15) is 0 Å². The van der Waals surface area contributed by atoms with E-state index in [9.17, 15) is 4.79 Å². The predicted molar refractivity (Wildman–Crippen MR) is 95.7 cm³/mol. The molecule has 1 heterocycles. The second-order valence-electron chi connectivity index (χ2n) is 6.07. The summed E-state index contributed by atoms with van der Waals surface area (Å²) in [6, 6.07) is 9.01. The Morgan fingerprint density at radius 2 is 2.00 bits per heavy atom. The molecule has 1 aromatic heterocycles. The first kappa shape index (κ1) is 17.7. The van der Waals surface area contributed by atoms with Crippen LogP contribution in [0.5, 0.6) is 5.75 Å². The average Bonchev–Trinajstić information content (AvgIpc) is 2.55. The maximum atomic E-state index is 12.3. The zero-order chi connectivity index (χ0) is 17.5. The lowest BCUT2D eigenvalue weighted by molar-refractivity contribution is 0.102. The monoisotopic (exact) mass is 328 g/mol. The minimum absolute atomic E-state index is 0.257. The molecule has 6 heteroatoms. The van der Waals surface area contributed by atoms with Gasteiger partial charge in [0.15, 0.2) is 5.69 Å². The maximum Gasteiger partial charge on any atom is 0.276 e. The lowest BCUT2D eigenvalue weighted by atomic mass is 10.1. The summed E-state index contributed by atoms with van der Waals surface area (Å²) in [6.45, 7) is 7.12. The molecule has 0 aliphatic heterocycles. The van der Waals surface area contributed by atoms with Gasteiger partial charge >= 0.3 is 0 Å². The van der Waals surface area contributed by atoms with E-state index in [2.05, 4.69) is 34.7 Å². The largest absolute Gasteiger partial charge is 0.495 e. The first-order chi connectivity index (χ1) is 11.5. The number of rotatable bonds is 7. The van der Waals surface area contributed by atoms with Crippen LogP contribution < -0.4 is 15.4 Å². The third kappa shape index (κ3) is 4.94. The number of nitrogens with zero attached hydrogens (tertiary/aromatic N) is 2. The summed E-state index contributed by atoms with van der Waals surface area (Å²) in [5.74, 6) is 1.58. The van der Waals surface area contributed by atoms with Crippen LogP contribution in [0.25, 0.3) is 0 Å². The Kier molecular flexibility index (Phi) is 6.12. The summed E-state index contributed by atoms with van der Waals surface area (Å²) in [5.41, 5.74) is 1.90. The van der Waals surface area contributed by atoms with Gasteiger partial charge in [0.05, 0.1) is 12.8 Å². The van der Waals surface area contributed by atoms with Crippen molar-refractivity contribution in [2.45, 2.75) is 27.2 Å². The lowest BCUT2D eigenvalue weighted by Crippen LogP contribution is -2.16. The van der Waals surface area contributed by atoms with E-state index in [1.165, 1.54) is 0 Å². The highest BCUT2D eigenvalue weighted by molar-refractivity contribution is 6.03. The van der Waals surface area contributed by atoms with Crippen LogP contribution in [0.1, 0.15) is 36.3 Å². The number of methoxy groups -OCH3 is 1. The molecule has 0 spiro atoms. The summed E-state index contributed by atoms with van der Waals surface area (Å²) in [5, 5.41) is 14.0. The summed E-state index contributed by atoms with van der Waals surface area (Å²) in [7, 11) is 1.57. The predicted octanol–water partition coefficient (Wildman–Crippen LogP) is 3.50. The molecule has 2 N–H and O–H groups in total. The molecule has 0 saturated heterocycles. The number of carbonyl (C=O) groups is 1. The zero-order valence-corrected chi connectivity index (χ0v) is 14.6. The van der Waals surface area contributed by atoms with E-state index in [1.807, 2.05) is 25.1 Å². The number of amides is 1. The van der Waals surface area contributed by atoms with E-state index < -0.39 is 0 Å². The Hall–Kier alpha value is -2.63. The third-order valence-electron chi connectivity index (χ3n) is 3.53. The number of nitrogens with one attached hydrogen (secondary N) is 2. The van der Waals surface area contributed by atoms with Gasteiger partial charge in [-0.15, -0.1) is 10.2 Å². The molecule has 128 valence electrons. The van der Waals surface area contributed by atoms with Gasteiger partial charge in [-0.3, -0.25) is 4.79 Å². The highest BCUT2D eigenvalue weighted by Gasteiger charge is 2.12. The van der Waals surface area contributed by atoms with Crippen LogP contribution in [0.4, 0.5) is 11.5 Å². The molecule has 0 bridgehead atoms. The zero-order valence-electron chi connectivity index (χ0n) is 14.6. The van der Waals surface area contributed by atoms with Gasteiger partial charge in [0.25, 0.3) is 5.91 Å². The van der Waals surface area contributed by atoms with Gasteiger partial charge in [0.1, 0.15) is 11.6 Å². The van der Waals surface area contributed by atoms with E-state index in [0.717, 1.165) is 18.5 Å². The average molecular weight is 328 g/mol. The van der Waals surface area contributed by atoms with Gasteiger partial charge in [0, 0.05) is 6.54 Å². The first-order valence-electron chi connectivity index (χ1n) is 8.03. The molecule has 0 unspecified atom stereocenters. The van der Waals surface area contributed by atoms with Gasteiger partial charge in [-0.1, -0.05) is 19.9 Å². The summed E-state index contributed by atoms with van der Waals surface area (Å²) in [6.07, 6.45) is 1.05. The maximum absolute atomic E-state index is 12.3. The second kappa shape index (κ2) is 8.29. The molecular weight excluding hydrogens is 304 g/mol. The molecule has 0 radical (unpaired) electrons. The van der Waals surface area contributed by atoms with Crippen LogP contribution in [0, 0.1) is 12.8 Å². The highest BCUT2D eigenvalue weighted by Crippen LogP contribution is 2.25. The van der Waals surface area contributed by atoms with Crippen LogP contribution in [0.3, 0.4) is 0 Å². The molecule has 0 aliphatic carbocycles. The Balaban J connectivity index is 2.01. The van der Waals surface area contributed by atoms with Gasteiger partial charge < -0.3 is 15.4 Å². The first-order valence-corrected chi connectivity index (χ1v) is 8.03. The number of aryl methyl sites for hydroxylation is 1. The second-order valence-corrected chi connectivity index (χ2v) is 6.07.